The first-order chi connectivity index (χ1) is 9.70. The van der Waals surface area contributed by atoms with Gasteiger partial charge in [-0.1, -0.05) is 19.3 Å². The molecule has 1 N–H and O–H groups in total. The molecule has 0 aliphatic heterocycles. The molecule has 1 aromatic rings. The van der Waals surface area contributed by atoms with Crippen LogP contribution in [0.25, 0.3) is 0 Å². The van der Waals surface area contributed by atoms with Crippen LogP contribution in [0.5, 0.6) is 5.75 Å². The molecule has 1 saturated carbocycles. The zero-order chi connectivity index (χ0) is 14.4. The van der Waals surface area contributed by atoms with Crippen LogP contribution in [-0.4, -0.2) is 37.6 Å². The Balaban J connectivity index is 1.81. The Hall–Kier alpha value is -1.71. The van der Waals surface area contributed by atoms with E-state index in [9.17, 15) is 4.79 Å². The minimum Gasteiger partial charge on any atom is -0.497 e. The fourth-order valence-electron chi connectivity index (χ4n) is 2.68. The third-order valence-corrected chi connectivity index (χ3v) is 4.05. The molecule has 1 amide bonds. The molecular weight excluding hydrogens is 252 g/mol. The number of rotatable bonds is 5. The van der Waals surface area contributed by atoms with Crippen LogP contribution in [0.3, 0.4) is 0 Å². The molecule has 0 radical (unpaired) electrons. The number of methoxy groups -OCH3 is 1. The van der Waals surface area contributed by atoms with Gasteiger partial charge in [-0.2, -0.15) is 0 Å². The molecule has 4 nitrogen and oxygen atoms in total. The molecule has 4 heteroatoms. The molecule has 20 heavy (non-hydrogen) atoms. The van der Waals surface area contributed by atoms with Crippen LogP contribution in [0.2, 0.25) is 0 Å². The Morgan fingerprint density at radius 2 is 1.90 bits per heavy atom. The van der Waals surface area contributed by atoms with Gasteiger partial charge in [0.2, 0.25) is 5.91 Å². The highest BCUT2D eigenvalue weighted by Crippen LogP contribution is 2.21. The van der Waals surface area contributed by atoms with Crippen molar-refractivity contribution in [2.75, 3.05) is 26.0 Å². The van der Waals surface area contributed by atoms with E-state index >= 15 is 0 Å². The number of anilines is 1. The third-order valence-electron chi connectivity index (χ3n) is 4.05. The summed E-state index contributed by atoms with van der Waals surface area (Å²) in [5.74, 6) is 0.980. The highest BCUT2D eigenvalue weighted by Gasteiger charge is 2.21. The zero-order valence-electron chi connectivity index (χ0n) is 12.4. The van der Waals surface area contributed by atoms with Crippen molar-refractivity contribution in [2.24, 2.45) is 0 Å². The highest BCUT2D eigenvalue weighted by molar-refractivity contribution is 5.80. The van der Waals surface area contributed by atoms with Crippen LogP contribution < -0.4 is 10.1 Å². The van der Waals surface area contributed by atoms with Crippen molar-refractivity contribution in [3.8, 4) is 5.75 Å². The van der Waals surface area contributed by atoms with Gasteiger partial charge in [0.1, 0.15) is 5.75 Å². The van der Waals surface area contributed by atoms with E-state index in [-0.39, 0.29) is 5.91 Å². The van der Waals surface area contributed by atoms with Gasteiger partial charge in [-0.3, -0.25) is 4.79 Å². The van der Waals surface area contributed by atoms with E-state index in [4.69, 9.17) is 4.74 Å². The first-order valence-electron chi connectivity index (χ1n) is 7.34. The summed E-state index contributed by atoms with van der Waals surface area (Å²) in [5, 5.41) is 3.17. The molecule has 2 rings (SSSR count). The van der Waals surface area contributed by atoms with Gasteiger partial charge in [0.15, 0.2) is 0 Å². The van der Waals surface area contributed by atoms with Crippen molar-refractivity contribution >= 4 is 11.6 Å². The highest BCUT2D eigenvalue weighted by atomic mass is 16.5. The molecule has 110 valence electrons. The monoisotopic (exact) mass is 276 g/mol. The Morgan fingerprint density at radius 1 is 1.25 bits per heavy atom. The van der Waals surface area contributed by atoms with E-state index < -0.39 is 0 Å². The standard InChI is InChI=1S/C16H24N2O2/c1-18(14-6-4-3-5-7-14)16(19)12-17-13-8-10-15(20-2)11-9-13/h8-11,14,17H,3-7,12H2,1-2H3. The van der Waals surface area contributed by atoms with E-state index in [2.05, 4.69) is 5.32 Å². The summed E-state index contributed by atoms with van der Waals surface area (Å²) in [6, 6.07) is 8.04. The van der Waals surface area contributed by atoms with E-state index in [1.54, 1.807) is 7.11 Å². The lowest BCUT2D eigenvalue weighted by Gasteiger charge is -2.31. The maximum absolute atomic E-state index is 12.2. The number of nitrogens with one attached hydrogen (secondary N) is 1. The number of likely N-dealkylation sites (N-methyl/N-ethyl adjacent to an activating group) is 1. The lowest BCUT2D eigenvalue weighted by Crippen LogP contribution is -2.41. The van der Waals surface area contributed by atoms with Gasteiger partial charge in [-0.05, 0) is 37.1 Å². The van der Waals surface area contributed by atoms with Crippen LogP contribution >= 0.6 is 0 Å². The van der Waals surface area contributed by atoms with Gasteiger partial charge in [0, 0.05) is 18.8 Å². The lowest BCUT2D eigenvalue weighted by atomic mass is 9.94. The fraction of sp³-hybridized carbons (Fsp3) is 0.562. The van der Waals surface area contributed by atoms with Crippen molar-refractivity contribution in [1.82, 2.24) is 4.90 Å². The molecule has 1 aliphatic carbocycles. The molecule has 1 aromatic carbocycles. The second-order valence-corrected chi connectivity index (χ2v) is 5.38. The summed E-state index contributed by atoms with van der Waals surface area (Å²) in [5.41, 5.74) is 0.941. The van der Waals surface area contributed by atoms with Crippen molar-refractivity contribution in [1.29, 1.82) is 0 Å². The number of amides is 1. The lowest BCUT2D eigenvalue weighted by molar-refractivity contribution is -0.130. The summed E-state index contributed by atoms with van der Waals surface area (Å²) < 4.78 is 5.11. The van der Waals surface area contributed by atoms with Crippen LogP contribution in [0, 0.1) is 0 Å². The molecule has 0 bridgehead atoms. The molecule has 1 fully saturated rings. The summed E-state index contributed by atoms with van der Waals surface area (Å²) in [6.45, 7) is 0.347. The normalized spacial score (nSPS) is 15.7. The molecule has 0 heterocycles. The van der Waals surface area contributed by atoms with Crippen LogP contribution in [-0.2, 0) is 4.79 Å². The summed E-state index contributed by atoms with van der Waals surface area (Å²) in [7, 11) is 3.57. The second-order valence-electron chi connectivity index (χ2n) is 5.38. The SMILES string of the molecule is COc1ccc(NCC(=O)N(C)C2CCCCC2)cc1. The smallest absolute Gasteiger partial charge is 0.241 e. The number of hydrogen-bond acceptors (Lipinski definition) is 3. The molecular formula is C16H24N2O2. The average Bonchev–Trinajstić information content (AvgIpc) is 2.53. The zero-order valence-corrected chi connectivity index (χ0v) is 12.4. The summed E-state index contributed by atoms with van der Waals surface area (Å²) >= 11 is 0. The molecule has 1 aliphatic rings. The number of hydrogen-bond donors (Lipinski definition) is 1. The van der Waals surface area contributed by atoms with Crippen molar-refractivity contribution in [2.45, 2.75) is 38.1 Å². The molecule has 0 spiro atoms. The second kappa shape index (κ2) is 7.17. The number of carbonyl (C=O) groups is 1. The maximum Gasteiger partial charge on any atom is 0.241 e. The minimum absolute atomic E-state index is 0.160. The summed E-state index contributed by atoms with van der Waals surface area (Å²) in [4.78, 5) is 14.1. The first-order valence-corrected chi connectivity index (χ1v) is 7.34. The van der Waals surface area contributed by atoms with Crippen LogP contribution in [0.1, 0.15) is 32.1 Å². The number of carbonyl (C=O) groups excluding carboxylic acids is 1. The van der Waals surface area contributed by atoms with Crippen LogP contribution in [0.4, 0.5) is 5.69 Å². The van der Waals surface area contributed by atoms with E-state index in [1.165, 1.54) is 19.3 Å². The number of nitrogens with zero attached hydrogens (tertiary/aromatic N) is 1. The van der Waals surface area contributed by atoms with Gasteiger partial charge in [0.05, 0.1) is 13.7 Å². The summed E-state index contributed by atoms with van der Waals surface area (Å²) in [6.07, 6.45) is 6.08. The number of benzene rings is 1. The Morgan fingerprint density at radius 3 is 2.50 bits per heavy atom. The third kappa shape index (κ3) is 3.89. The van der Waals surface area contributed by atoms with E-state index in [1.807, 2.05) is 36.2 Å². The Kier molecular flexibility index (Phi) is 5.27. The van der Waals surface area contributed by atoms with Gasteiger partial charge >= 0.3 is 0 Å². The van der Waals surface area contributed by atoms with Crippen molar-refractivity contribution < 1.29 is 9.53 Å². The minimum atomic E-state index is 0.160. The quantitative estimate of drug-likeness (QED) is 0.899. The van der Waals surface area contributed by atoms with E-state index in [0.717, 1.165) is 24.3 Å². The largest absolute Gasteiger partial charge is 0.497 e. The Labute approximate surface area is 121 Å². The van der Waals surface area contributed by atoms with Gasteiger partial charge in [0.25, 0.3) is 0 Å². The van der Waals surface area contributed by atoms with E-state index in [0.29, 0.717) is 12.6 Å². The predicted octanol–water partition coefficient (Wildman–Crippen LogP) is 2.90. The maximum atomic E-state index is 12.2. The van der Waals surface area contributed by atoms with Crippen LogP contribution in [0.15, 0.2) is 24.3 Å². The van der Waals surface area contributed by atoms with Crippen molar-refractivity contribution in [3.05, 3.63) is 24.3 Å². The predicted molar refractivity (Wildman–Crippen MR) is 81.1 cm³/mol. The average molecular weight is 276 g/mol. The van der Waals surface area contributed by atoms with Gasteiger partial charge < -0.3 is 15.0 Å². The Bertz CT molecular complexity index is 425. The topological polar surface area (TPSA) is 41.6 Å². The molecule has 0 unspecified atom stereocenters. The van der Waals surface area contributed by atoms with Crippen molar-refractivity contribution in [3.63, 3.8) is 0 Å². The fourth-order valence-corrected chi connectivity index (χ4v) is 2.68. The molecule has 0 saturated heterocycles. The molecule has 0 atom stereocenters. The van der Waals surface area contributed by atoms with Gasteiger partial charge in [-0.15, -0.1) is 0 Å². The number of ether oxygens (including phenoxy) is 1. The molecule has 0 aromatic heterocycles. The first kappa shape index (κ1) is 14.7. The van der Waals surface area contributed by atoms with Gasteiger partial charge in [-0.25, -0.2) is 0 Å².